The normalized spacial score (nSPS) is 25.1. The summed E-state index contributed by atoms with van der Waals surface area (Å²) in [5, 5.41) is 10.2. The molecule has 0 aromatic heterocycles. The monoisotopic (exact) mass is 273 g/mol. The van der Waals surface area contributed by atoms with Crippen molar-refractivity contribution >= 4 is 29.2 Å². The second kappa shape index (κ2) is 4.84. The van der Waals surface area contributed by atoms with Crippen molar-refractivity contribution in [3.8, 4) is 0 Å². The molecule has 0 amide bonds. The number of carboxylic acids is 1. The Labute approximate surface area is 110 Å². The third kappa shape index (κ3) is 2.57. The molecule has 1 aliphatic heterocycles. The molecule has 2 rings (SSSR count). The molecule has 1 aromatic carbocycles. The number of carbonyl (C=O) groups is 1. The Bertz CT molecular complexity index is 450. The lowest BCUT2D eigenvalue weighted by atomic mass is 9.89. The van der Waals surface area contributed by atoms with Crippen molar-refractivity contribution in [2.75, 3.05) is 20.1 Å². The number of aliphatic carboxylic acids is 1. The van der Waals surface area contributed by atoms with Crippen LogP contribution in [-0.4, -0.2) is 36.1 Å². The summed E-state index contributed by atoms with van der Waals surface area (Å²) in [5.41, 5.74) is 0.941. The van der Waals surface area contributed by atoms with E-state index in [9.17, 15) is 9.90 Å². The van der Waals surface area contributed by atoms with Gasteiger partial charge in [0.15, 0.2) is 0 Å². The number of rotatable bonds is 2. The predicted molar refractivity (Wildman–Crippen MR) is 67.8 cm³/mol. The SMILES string of the molecule is CN1C[C@H](C(=O)O)[C@H](c2ccc(Cl)c(Cl)c2)C1. The van der Waals surface area contributed by atoms with Crippen LogP contribution in [0.2, 0.25) is 10.0 Å². The lowest BCUT2D eigenvalue weighted by Crippen LogP contribution is -2.21. The van der Waals surface area contributed by atoms with Crippen LogP contribution in [0.3, 0.4) is 0 Å². The van der Waals surface area contributed by atoms with Crippen LogP contribution in [0.4, 0.5) is 0 Å². The molecule has 1 fully saturated rings. The van der Waals surface area contributed by atoms with Gasteiger partial charge in [0.05, 0.1) is 16.0 Å². The fourth-order valence-corrected chi connectivity index (χ4v) is 2.64. The van der Waals surface area contributed by atoms with Gasteiger partial charge in [-0.15, -0.1) is 0 Å². The van der Waals surface area contributed by atoms with E-state index in [1.165, 1.54) is 0 Å². The quantitative estimate of drug-likeness (QED) is 0.901. The maximum atomic E-state index is 11.2. The first-order valence-electron chi connectivity index (χ1n) is 5.35. The molecule has 5 heteroatoms. The van der Waals surface area contributed by atoms with Crippen LogP contribution in [0.1, 0.15) is 11.5 Å². The topological polar surface area (TPSA) is 40.5 Å². The van der Waals surface area contributed by atoms with Gasteiger partial charge < -0.3 is 10.0 Å². The summed E-state index contributed by atoms with van der Waals surface area (Å²) in [7, 11) is 1.92. The maximum Gasteiger partial charge on any atom is 0.308 e. The largest absolute Gasteiger partial charge is 0.481 e. The molecule has 3 nitrogen and oxygen atoms in total. The van der Waals surface area contributed by atoms with Crippen molar-refractivity contribution in [2.24, 2.45) is 5.92 Å². The molecular formula is C12H13Cl2NO2. The molecule has 0 unspecified atom stereocenters. The zero-order chi connectivity index (χ0) is 12.6. The smallest absolute Gasteiger partial charge is 0.308 e. The summed E-state index contributed by atoms with van der Waals surface area (Å²) >= 11 is 11.8. The third-order valence-corrected chi connectivity index (χ3v) is 3.93. The average molecular weight is 274 g/mol. The van der Waals surface area contributed by atoms with Gasteiger partial charge in [-0.1, -0.05) is 29.3 Å². The highest BCUT2D eigenvalue weighted by Crippen LogP contribution is 2.35. The Morgan fingerprint density at radius 1 is 1.35 bits per heavy atom. The summed E-state index contributed by atoms with van der Waals surface area (Å²) in [5.74, 6) is -1.16. The zero-order valence-electron chi connectivity index (χ0n) is 9.36. The highest BCUT2D eigenvalue weighted by molar-refractivity contribution is 6.42. The molecule has 0 spiro atoms. The fourth-order valence-electron chi connectivity index (χ4n) is 2.33. The average Bonchev–Trinajstić information content (AvgIpc) is 2.64. The molecular weight excluding hydrogens is 261 g/mol. The first-order valence-corrected chi connectivity index (χ1v) is 6.11. The minimum Gasteiger partial charge on any atom is -0.481 e. The standard InChI is InChI=1S/C12H13Cl2NO2/c1-15-5-8(9(6-15)12(16)17)7-2-3-10(13)11(14)4-7/h2-4,8-9H,5-6H2,1H3,(H,16,17)/t8-,9-/m0/s1. The highest BCUT2D eigenvalue weighted by Gasteiger charge is 2.37. The fraction of sp³-hybridized carbons (Fsp3) is 0.417. The Hall–Kier alpha value is -0.770. The van der Waals surface area contributed by atoms with E-state index >= 15 is 0 Å². The second-order valence-corrected chi connectivity index (χ2v) is 5.26. The van der Waals surface area contributed by atoms with Gasteiger partial charge in [-0.05, 0) is 24.7 Å². The molecule has 92 valence electrons. The summed E-state index contributed by atoms with van der Waals surface area (Å²) < 4.78 is 0. The van der Waals surface area contributed by atoms with Gasteiger partial charge in [0, 0.05) is 19.0 Å². The van der Waals surface area contributed by atoms with E-state index in [2.05, 4.69) is 0 Å². The van der Waals surface area contributed by atoms with Crippen molar-refractivity contribution in [1.82, 2.24) is 4.90 Å². The first-order chi connectivity index (χ1) is 7.99. The number of likely N-dealkylation sites (N-methyl/N-ethyl adjacent to an activating group) is 1. The molecule has 2 atom stereocenters. The number of carboxylic acid groups (broad SMARTS) is 1. The predicted octanol–water partition coefficient (Wildman–Crippen LogP) is 2.72. The van der Waals surface area contributed by atoms with Crippen LogP contribution < -0.4 is 0 Å². The summed E-state index contributed by atoms with van der Waals surface area (Å²) in [4.78, 5) is 13.2. The van der Waals surface area contributed by atoms with Crippen LogP contribution in [0.15, 0.2) is 18.2 Å². The van der Waals surface area contributed by atoms with Crippen molar-refractivity contribution in [2.45, 2.75) is 5.92 Å². The number of hydrogen-bond donors (Lipinski definition) is 1. The van der Waals surface area contributed by atoms with Crippen molar-refractivity contribution in [3.05, 3.63) is 33.8 Å². The van der Waals surface area contributed by atoms with E-state index in [1.54, 1.807) is 12.1 Å². The van der Waals surface area contributed by atoms with Gasteiger partial charge in [0.2, 0.25) is 0 Å². The van der Waals surface area contributed by atoms with Gasteiger partial charge in [0.1, 0.15) is 0 Å². The van der Waals surface area contributed by atoms with Gasteiger partial charge in [0.25, 0.3) is 0 Å². The Morgan fingerprint density at radius 2 is 2.06 bits per heavy atom. The van der Waals surface area contributed by atoms with E-state index in [0.29, 0.717) is 16.6 Å². The van der Waals surface area contributed by atoms with Crippen LogP contribution >= 0.6 is 23.2 Å². The van der Waals surface area contributed by atoms with E-state index < -0.39 is 5.97 Å². The summed E-state index contributed by atoms with van der Waals surface area (Å²) in [6.07, 6.45) is 0. The number of halogens is 2. The molecule has 0 aliphatic carbocycles. The van der Waals surface area contributed by atoms with Crippen LogP contribution in [0, 0.1) is 5.92 Å². The molecule has 0 radical (unpaired) electrons. The molecule has 1 saturated heterocycles. The molecule has 1 aliphatic rings. The number of likely N-dealkylation sites (tertiary alicyclic amines) is 1. The zero-order valence-corrected chi connectivity index (χ0v) is 10.9. The van der Waals surface area contributed by atoms with Crippen molar-refractivity contribution < 1.29 is 9.90 Å². The highest BCUT2D eigenvalue weighted by atomic mass is 35.5. The minimum absolute atomic E-state index is 0.0210. The Balaban J connectivity index is 2.31. The van der Waals surface area contributed by atoms with Crippen LogP contribution in [-0.2, 0) is 4.79 Å². The molecule has 17 heavy (non-hydrogen) atoms. The van der Waals surface area contributed by atoms with E-state index in [-0.39, 0.29) is 11.8 Å². The van der Waals surface area contributed by atoms with Crippen LogP contribution in [0.25, 0.3) is 0 Å². The molecule has 1 N–H and O–H groups in total. The van der Waals surface area contributed by atoms with Crippen LogP contribution in [0.5, 0.6) is 0 Å². The third-order valence-electron chi connectivity index (χ3n) is 3.19. The Morgan fingerprint density at radius 3 is 2.65 bits per heavy atom. The minimum atomic E-state index is -0.759. The van der Waals surface area contributed by atoms with Gasteiger partial charge >= 0.3 is 5.97 Å². The lowest BCUT2D eigenvalue weighted by Gasteiger charge is -2.15. The van der Waals surface area contributed by atoms with E-state index in [0.717, 1.165) is 12.1 Å². The second-order valence-electron chi connectivity index (χ2n) is 4.45. The van der Waals surface area contributed by atoms with E-state index in [4.69, 9.17) is 23.2 Å². The summed E-state index contributed by atoms with van der Waals surface area (Å²) in [6, 6.07) is 5.34. The molecule has 1 aromatic rings. The van der Waals surface area contributed by atoms with E-state index in [1.807, 2.05) is 18.0 Å². The maximum absolute atomic E-state index is 11.2. The number of hydrogen-bond acceptors (Lipinski definition) is 2. The van der Waals surface area contributed by atoms with Crippen molar-refractivity contribution in [3.63, 3.8) is 0 Å². The summed E-state index contributed by atoms with van der Waals surface area (Å²) in [6.45, 7) is 1.30. The molecule has 0 bridgehead atoms. The molecule has 0 saturated carbocycles. The first kappa shape index (κ1) is 12.7. The lowest BCUT2D eigenvalue weighted by molar-refractivity contribution is -0.141. The van der Waals surface area contributed by atoms with Gasteiger partial charge in [-0.25, -0.2) is 0 Å². The molecule has 1 heterocycles. The van der Waals surface area contributed by atoms with Crippen molar-refractivity contribution in [1.29, 1.82) is 0 Å². The Kier molecular flexibility index (Phi) is 3.61. The van der Waals surface area contributed by atoms with Gasteiger partial charge in [-0.3, -0.25) is 4.79 Å². The van der Waals surface area contributed by atoms with Gasteiger partial charge in [-0.2, -0.15) is 0 Å². The number of nitrogens with zero attached hydrogens (tertiary/aromatic N) is 1. The number of benzene rings is 1.